The summed E-state index contributed by atoms with van der Waals surface area (Å²) in [7, 11) is 0. The highest BCUT2D eigenvalue weighted by atomic mass is 16.3. The summed E-state index contributed by atoms with van der Waals surface area (Å²) in [6, 6.07) is 19.3. The van der Waals surface area contributed by atoms with Gasteiger partial charge in [0.05, 0.1) is 19.6 Å². The van der Waals surface area contributed by atoms with Gasteiger partial charge in [-0.1, -0.05) is 141 Å². The Morgan fingerprint density at radius 3 is 2.22 bits per heavy atom. The Hall–Kier alpha value is -6.32. The maximum atomic E-state index is 9.58. The summed E-state index contributed by atoms with van der Waals surface area (Å²) < 4.78 is 60.7. The molecule has 6 aromatic rings. The van der Waals surface area contributed by atoms with Crippen LogP contribution in [0.2, 0.25) is 0 Å². The van der Waals surface area contributed by atoms with E-state index in [1.807, 2.05) is 103 Å². The minimum absolute atomic E-state index is 0.0731. The first-order valence-corrected chi connectivity index (χ1v) is 15.9. The number of hydrogen-bond acceptors (Lipinski definition) is 3. The Morgan fingerprint density at radius 2 is 1.57 bits per heavy atom. The van der Waals surface area contributed by atoms with Crippen molar-refractivity contribution in [2.24, 2.45) is 0 Å². The van der Waals surface area contributed by atoms with Crippen LogP contribution < -0.4 is 0 Å². The molecule has 1 aliphatic carbocycles. The number of benzene rings is 4. The number of hydrogen-bond donors (Lipinski definition) is 0. The maximum absolute atomic E-state index is 9.58. The van der Waals surface area contributed by atoms with Gasteiger partial charge in [-0.15, -0.1) is 0 Å². The normalized spacial score (nSPS) is 16.2. The molecule has 0 unspecified atom stereocenters. The first-order chi connectivity index (χ1) is 26.6. The van der Waals surface area contributed by atoms with Gasteiger partial charge in [0.25, 0.3) is 0 Å². The summed E-state index contributed by atoms with van der Waals surface area (Å²) in [5, 5.41) is 0.332. The first-order valence-electron chi connectivity index (χ1n) is 18.9. The molecule has 0 radical (unpaired) electrons. The molecule has 0 saturated carbocycles. The molecule has 0 saturated heterocycles. The van der Waals surface area contributed by atoms with Gasteiger partial charge in [0.15, 0.2) is 5.82 Å². The Balaban J connectivity index is 1.50. The fraction of sp³-hybridized carbons (Fsp3) is 0.0435. The van der Waals surface area contributed by atoms with Gasteiger partial charge >= 0.3 is 0 Å². The number of nitrogens with zero attached hydrogens (tertiary/aromatic N) is 2. The molecule has 0 amide bonds. The quantitative estimate of drug-likeness (QED) is 0.148. The van der Waals surface area contributed by atoms with Gasteiger partial charge in [-0.2, -0.15) is 0 Å². The van der Waals surface area contributed by atoms with Crippen molar-refractivity contribution in [1.29, 1.82) is 0 Å². The van der Waals surface area contributed by atoms with E-state index < -0.39 is 6.04 Å². The van der Waals surface area contributed by atoms with E-state index in [0.717, 1.165) is 33.4 Å². The van der Waals surface area contributed by atoms with Crippen LogP contribution in [-0.4, -0.2) is 9.97 Å². The summed E-state index contributed by atoms with van der Waals surface area (Å²) in [6.45, 7) is 13.5. The van der Waals surface area contributed by atoms with Crippen molar-refractivity contribution in [2.45, 2.75) is 13.3 Å². The SMILES string of the molecule is [2H]c1c(/C(C)=C/C=C2\CC(C=C)=C(C=C)C=C2/C=C\C=C)c([2H])c2c(oc3c([2H])c([2H])c([2H])c(-c4nc(-c5ccccc5)cc(-c5ccccc5)n4)c32)c1[2H]. The van der Waals surface area contributed by atoms with Gasteiger partial charge < -0.3 is 4.42 Å². The van der Waals surface area contributed by atoms with E-state index in [-0.39, 0.29) is 69.1 Å². The van der Waals surface area contributed by atoms with E-state index in [1.54, 1.807) is 19.1 Å². The van der Waals surface area contributed by atoms with Gasteiger partial charge in [0.2, 0.25) is 0 Å². The van der Waals surface area contributed by atoms with Crippen LogP contribution in [0.15, 0.2) is 198 Å². The lowest BCUT2D eigenvalue weighted by atomic mass is 9.87. The van der Waals surface area contributed by atoms with E-state index in [1.165, 1.54) is 0 Å². The van der Waals surface area contributed by atoms with Crippen molar-refractivity contribution >= 4 is 27.5 Å². The van der Waals surface area contributed by atoms with Crippen molar-refractivity contribution in [3.63, 3.8) is 0 Å². The molecule has 49 heavy (non-hydrogen) atoms. The molecule has 0 bridgehead atoms. The zero-order valence-corrected chi connectivity index (χ0v) is 27.1. The summed E-state index contributed by atoms with van der Waals surface area (Å²) >= 11 is 0. The average Bonchev–Trinajstić information content (AvgIpc) is 3.62. The zero-order chi connectivity index (χ0) is 39.0. The third-order valence-corrected chi connectivity index (χ3v) is 8.40. The molecule has 0 spiro atoms. The third kappa shape index (κ3) is 6.35. The fourth-order valence-electron chi connectivity index (χ4n) is 5.82. The molecular formula is C46H36N2O. The molecule has 1 aliphatic rings. The smallest absolute Gasteiger partial charge is 0.161 e. The molecule has 3 nitrogen and oxygen atoms in total. The Labute approximate surface area is 296 Å². The topological polar surface area (TPSA) is 38.9 Å². The van der Waals surface area contributed by atoms with Crippen LogP contribution >= 0.6 is 0 Å². The molecule has 0 fully saturated rings. The van der Waals surface area contributed by atoms with Gasteiger partial charge in [0.1, 0.15) is 11.2 Å². The summed E-state index contributed by atoms with van der Waals surface area (Å²) in [5.41, 5.74) is 7.40. The van der Waals surface area contributed by atoms with Gasteiger partial charge in [-0.3, -0.25) is 0 Å². The van der Waals surface area contributed by atoms with E-state index in [2.05, 4.69) is 19.7 Å². The highest BCUT2D eigenvalue weighted by molar-refractivity contribution is 6.12. The number of furan rings is 1. The molecular weight excluding hydrogens is 597 g/mol. The molecule has 3 heteroatoms. The van der Waals surface area contributed by atoms with E-state index in [4.69, 9.17) is 19.9 Å². The van der Waals surface area contributed by atoms with E-state index in [9.17, 15) is 2.74 Å². The van der Waals surface area contributed by atoms with Gasteiger partial charge in [-0.25, -0.2) is 9.97 Å². The van der Waals surface area contributed by atoms with Crippen LogP contribution in [0.4, 0.5) is 0 Å². The van der Waals surface area contributed by atoms with Crippen LogP contribution in [0.1, 0.15) is 27.1 Å². The maximum Gasteiger partial charge on any atom is 0.161 e. The number of fused-ring (bicyclic) bond motifs is 3. The Bertz CT molecular complexity index is 2680. The van der Waals surface area contributed by atoms with Gasteiger partial charge in [0, 0.05) is 27.5 Å². The second-order valence-corrected chi connectivity index (χ2v) is 11.5. The molecule has 236 valence electrons. The lowest BCUT2D eigenvalue weighted by molar-refractivity contribution is 0.669. The second kappa shape index (κ2) is 13.8. The monoisotopic (exact) mass is 638 g/mol. The van der Waals surface area contributed by atoms with E-state index in [0.29, 0.717) is 23.4 Å². The van der Waals surface area contributed by atoms with Crippen LogP contribution in [0.3, 0.4) is 0 Å². The molecule has 7 rings (SSSR count). The summed E-state index contributed by atoms with van der Waals surface area (Å²) in [5.74, 6) is 0.111. The Kier molecular flexibility index (Phi) is 6.99. The van der Waals surface area contributed by atoms with Crippen LogP contribution in [0.5, 0.6) is 0 Å². The number of allylic oxidation sites excluding steroid dienone is 13. The summed E-state index contributed by atoms with van der Waals surface area (Å²) in [4.78, 5) is 9.83. The van der Waals surface area contributed by atoms with Crippen LogP contribution in [0, 0.1) is 0 Å². The fourth-order valence-corrected chi connectivity index (χ4v) is 5.82. The van der Waals surface area contributed by atoms with Crippen molar-refractivity contribution in [3.8, 4) is 33.9 Å². The second-order valence-electron chi connectivity index (χ2n) is 11.5. The minimum Gasteiger partial charge on any atom is -0.456 e. The predicted molar refractivity (Wildman–Crippen MR) is 207 cm³/mol. The largest absolute Gasteiger partial charge is 0.456 e. The molecule has 0 aliphatic heterocycles. The molecule has 4 aromatic carbocycles. The predicted octanol–water partition coefficient (Wildman–Crippen LogP) is 12.4. The summed E-state index contributed by atoms with van der Waals surface area (Å²) in [6.07, 6.45) is 15.5. The van der Waals surface area contributed by atoms with Crippen molar-refractivity contribution in [2.75, 3.05) is 0 Å². The number of aromatic nitrogens is 2. The zero-order valence-electron chi connectivity index (χ0n) is 33.1. The highest BCUT2D eigenvalue weighted by Crippen LogP contribution is 2.38. The van der Waals surface area contributed by atoms with Crippen LogP contribution in [0.25, 0.3) is 61.4 Å². The van der Waals surface area contributed by atoms with Crippen molar-refractivity contribution in [1.82, 2.24) is 9.97 Å². The molecule has 0 atom stereocenters. The Morgan fingerprint density at radius 1 is 0.857 bits per heavy atom. The lowest BCUT2D eigenvalue weighted by Crippen LogP contribution is -1.99. The van der Waals surface area contributed by atoms with Crippen molar-refractivity contribution in [3.05, 3.63) is 199 Å². The van der Waals surface area contributed by atoms with Crippen molar-refractivity contribution < 1.29 is 12.6 Å². The molecule has 2 heterocycles. The lowest BCUT2D eigenvalue weighted by Gasteiger charge is -2.18. The van der Waals surface area contributed by atoms with Gasteiger partial charge in [-0.05, 0) is 77.0 Å². The standard InChI is InChI=1S/C46H36N2O/c1-5-8-16-37-27-32(6-2)33(7-3)28-38(37)24-23-31(4)36-25-26-43-40(29-36)45-39(21-15-22-44(45)49-43)46-47-41(34-17-11-9-12-18-34)30-42(48-46)35-19-13-10-14-20-35/h5-27,29-30H,1-3,28H2,4H3/b16-8-,31-23+,38-24+/i15D,21D,22D,25D,26D,29D. The molecule has 0 N–H and O–H groups in total. The average molecular weight is 639 g/mol. The molecule has 2 aromatic heterocycles. The third-order valence-electron chi connectivity index (χ3n) is 8.40. The van der Waals surface area contributed by atoms with E-state index >= 15 is 0 Å². The minimum atomic E-state index is -0.405. The number of rotatable bonds is 9. The van der Waals surface area contributed by atoms with Crippen LogP contribution in [-0.2, 0) is 0 Å². The first kappa shape index (κ1) is 24.8. The highest BCUT2D eigenvalue weighted by Gasteiger charge is 2.18.